The Hall–Kier alpha value is -5.14. The molecule has 0 bridgehead atoms. The van der Waals surface area contributed by atoms with Gasteiger partial charge in [-0.15, -0.1) is 0 Å². The molecule has 0 atom stereocenters. The number of aryl methyl sites for hydroxylation is 1. The molecular formula is C40H30O. The molecule has 0 aliphatic rings. The van der Waals surface area contributed by atoms with Crippen LogP contribution in [0.2, 0.25) is 0 Å². The van der Waals surface area contributed by atoms with Gasteiger partial charge in [-0.3, -0.25) is 0 Å². The van der Waals surface area contributed by atoms with Crippen molar-refractivity contribution in [2.45, 2.75) is 13.8 Å². The second-order valence-corrected chi connectivity index (χ2v) is 10.9. The van der Waals surface area contributed by atoms with Crippen molar-refractivity contribution in [1.29, 1.82) is 0 Å². The van der Waals surface area contributed by atoms with Crippen LogP contribution in [0.5, 0.6) is 0 Å². The quantitative estimate of drug-likeness (QED) is 0.161. The molecule has 7 rings (SSSR count). The lowest BCUT2D eigenvalue weighted by molar-refractivity contribution is 0.669. The SMILES string of the molecule is C=C(/C=C(\C=C(/C)c1ccc(C)cc1)c1ccc2oc3ccccc3c2c1)c1ccc2c(ccc3ccccc32)c1. The van der Waals surface area contributed by atoms with Crippen LogP contribution in [0.4, 0.5) is 0 Å². The molecule has 1 heteroatoms. The lowest BCUT2D eigenvalue weighted by Gasteiger charge is -2.11. The van der Waals surface area contributed by atoms with Crippen LogP contribution in [0.1, 0.15) is 29.2 Å². The molecule has 7 aromatic rings. The molecule has 6 aromatic carbocycles. The first kappa shape index (κ1) is 24.9. The summed E-state index contributed by atoms with van der Waals surface area (Å²) < 4.78 is 6.12. The van der Waals surface area contributed by atoms with Crippen molar-refractivity contribution >= 4 is 60.2 Å². The summed E-state index contributed by atoms with van der Waals surface area (Å²) in [5.74, 6) is 0. The number of fused-ring (bicyclic) bond motifs is 6. The van der Waals surface area contributed by atoms with Crippen LogP contribution in [0.25, 0.3) is 60.2 Å². The third kappa shape index (κ3) is 4.66. The van der Waals surface area contributed by atoms with E-state index in [9.17, 15) is 0 Å². The molecule has 0 saturated heterocycles. The Labute approximate surface area is 240 Å². The summed E-state index contributed by atoms with van der Waals surface area (Å²) >= 11 is 0. The molecule has 0 unspecified atom stereocenters. The third-order valence-electron chi connectivity index (χ3n) is 8.03. The average Bonchev–Trinajstić information content (AvgIpc) is 3.38. The van der Waals surface area contributed by atoms with Gasteiger partial charge in [-0.2, -0.15) is 0 Å². The summed E-state index contributed by atoms with van der Waals surface area (Å²) in [5, 5.41) is 7.26. The van der Waals surface area contributed by atoms with E-state index in [0.29, 0.717) is 0 Å². The lowest BCUT2D eigenvalue weighted by Crippen LogP contribution is -1.88. The van der Waals surface area contributed by atoms with Gasteiger partial charge in [-0.1, -0.05) is 115 Å². The number of hydrogen-bond acceptors (Lipinski definition) is 1. The van der Waals surface area contributed by atoms with Crippen molar-refractivity contribution in [3.63, 3.8) is 0 Å². The lowest BCUT2D eigenvalue weighted by atomic mass is 9.94. The van der Waals surface area contributed by atoms with Crippen LogP contribution < -0.4 is 0 Å². The van der Waals surface area contributed by atoms with Crippen LogP contribution in [0, 0.1) is 6.92 Å². The minimum absolute atomic E-state index is 0.897. The Balaban J connectivity index is 1.35. The Morgan fingerprint density at radius 2 is 1.22 bits per heavy atom. The summed E-state index contributed by atoms with van der Waals surface area (Å²) in [4.78, 5) is 0. The predicted molar refractivity (Wildman–Crippen MR) is 177 cm³/mol. The van der Waals surface area contributed by atoms with Gasteiger partial charge in [-0.25, -0.2) is 0 Å². The smallest absolute Gasteiger partial charge is 0.135 e. The van der Waals surface area contributed by atoms with Crippen molar-refractivity contribution in [3.05, 3.63) is 162 Å². The highest BCUT2D eigenvalue weighted by Gasteiger charge is 2.11. The summed E-state index contributed by atoms with van der Waals surface area (Å²) in [7, 11) is 0. The first-order chi connectivity index (χ1) is 20.0. The molecule has 0 amide bonds. The highest BCUT2D eigenvalue weighted by molar-refractivity contribution is 6.09. The van der Waals surface area contributed by atoms with E-state index < -0.39 is 0 Å². The van der Waals surface area contributed by atoms with Crippen molar-refractivity contribution < 1.29 is 4.42 Å². The summed E-state index contributed by atoms with van der Waals surface area (Å²) in [6.07, 6.45) is 4.48. The van der Waals surface area contributed by atoms with Crippen molar-refractivity contribution in [2.75, 3.05) is 0 Å². The van der Waals surface area contributed by atoms with Gasteiger partial charge in [0, 0.05) is 10.8 Å². The highest BCUT2D eigenvalue weighted by atomic mass is 16.3. The van der Waals surface area contributed by atoms with E-state index in [4.69, 9.17) is 4.42 Å². The first-order valence-corrected chi connectivity index (χ1v) is 14.0. The Kier molecular flexibility index (Phi) is 6.14. The molecule has 0 aliphatic carbocycles. The van der Waals surface area contributed by atoms with Gasteiger partial charge in [0.1, 0.15) is 11.2 Å². The normalized spacial score (nSPS) is 12.5. The van der Waals surface area contributed by atoms with Gasteiger partial charge in [-0.05, 0) is 99.1 Å². The molecule has 41 heavy (non-hydrogen) atoms. The van der Waals surface area contributed by atoms with Gasteiger partial charge in [0.25, 0.3) is 0 Å². The molecule has 0 saturated carbocycles. The predicted octanol–water partition coefficient (Wildman–Crippen LogP) is 11.4. The van der Waals surface area contributed by atoms with E-state index in [1.807, 2.05) is 12.1 Å². The zero-order valence-corrected chi connectivity index (χ0v) is 23.3. The Morgan fingerprint density at radius 3 is 2.07 bits per heavy atom. The van der Waals surface area contributed by atoms with Crippen LogP contribution in [0.15, 0.2) is 144 Å². The molecule has 0 N–H and O–H groups in total. The maximum Gasteiger partial charge on any atom is 0.135 e. The topological polar surface area (TPSA) is 13.1 Å². The molecule has 0 spiro atoms. The second-order valence-electron chi connectivity index (χ2n) is 10.9. The summed E-state index contributed by atoms with van der Waals surface area (Å²) in [6, 6.07) is 43.0. The maximum atomic E-state index is 6.12. The first-order valence-electron chi connectivity index (χ1n) is 14.0. The number of para-hydroxylation sites is 1. The number of benzene rings is 6. The van der Waals surface area contributed by atoms with E-state index in [0.717, 1.165) is 44.2 Å². The number of furan rings is 1. The monoisotopic (exact) mass is 526 g/mol. The highest BCUT2D eigenvalue weighted by Crippen LogP contribution is 2.34. The van der Waals surface area contributed by atoms with Gasteiger partial charge in [0.05, 0.1) is 0 Å². The fourth-order valence-electron chi connectivity index (χ4n) is 5.73. The molecule has 0 fully saturated rings. The van der Waals surface area contributed by atoms with Gasteiger partial charge < -0.3 is 4.42 Å². The molecule has 1 aromatic heterocycles. The molecule has 196 valence electrons. The fraction of sp³-hybridized carbons (Fsp3) is 0.0500. The third-order valence-corrected chi connectivity index (χ3v) is 8.03. The summed E-state index contributed by atoms with van der Waals surface area (Å²) in [5.41, 5.74) is 9.79. The zero-order valence-electron chi connectivity index (χ0n) is 23.3. The van der Waals surface area contributed by atoms with Gasteiger partial charge in [0.2, 0.25) is 0 Å². The average molecular weight is 527 g/mol. The summed E-state index contributed by atoms with van der Waals surface area (Å²) in [6.45, 7) is 8.82. The number of allylic oxidation sites excluding steroid dienone is 5. The standard InChI is InChI=1S/C40H30O/c1-26-12-14-29(15-13-26)27(2)22-34(32-19-21-40-38(25-32)37-10-6-7-11-39(37)41-40)23-28(3)31-18-20-36-33(24-31)17-16-30-8-4-5-9-35(30)36/h4-25H,3H2,1-2H3/b27-22+,34-23+. The largest absolute Gasteiger partial charge is 0.456 e. The van der Waals surface area contributed by atoms with E-state index in [2.05, 4.69) is 142 Å². The number of hydrogen-bond donors (Lipinski definition) is 0. The zero-order chi connectivity index (χ0) is 27.9. The Bertz CT molecular complexity index is 2170. The van der Waals surface area contributed by atoms with Crippen LogP contribution >= 0.6 is 0 Å². The van der Waals surface area contributed by atoms with Crippen LogP contribution in [-0.2, 0) is 0 Å². The Morgan fingerprint density at radius 1 is 0.561 bits per heavy atom. The van der Waals surface area contributed by atoms with Crippen LogP contribution in [0.3, 0.4) is 0 Å². The number of rotatable bonds is 5. The molecule has 0 radical (unpaired) electrons. The maximum absolute atomic E-state index is 6.12. The van der Waals surface area contributed by atoms with Gasteiger partial charge >= 0.3 is 0 Å². The molecule has 1 nitrogen and oxygen atoms in total. The van der Waals surface area contributed by atoms with Crippen molar-refractivity contribution in [2.24, 2.45) is 0 Å². The van der Waals surface area contributed by atoms with Crippen molar-refractivity contribution in [1.82, 2.24) is 0 Å². The van der Waals surface area contributed by atoms with Gasteiger partial charge in [0.15, 0.2) is 0 Å². The molecule has 0 aliphatic heterocycles. The van der Waals surface area contributed by atoms with E-state index in [1.165, 1.54) is 38.2 Å². The fourth-order valence-corrected chi connectivity index (χ4v) is 5.73. The molecule has 1 heterocycles. The van der Waals surface area contributed by atoms with E-state index in [-0.39, 0.29) is 0 Å². The van der Waals surface area contributed by atoms with E-state index in [1.54, 1.807) is 0 Å². The molecular weight excluding hydrogens is 496 g/mol. The van der Waals surface area contributed by atoms with E-state index >= 15 is 0 Å². The second kappa shape index (κ2) is 10.1. The minimum atomic E-state index is 0.897. The minimum Gasteiger partial charge on any atom is -0.456 e. The van der Waals surface area contributed by atoms with Crippen LogP contribution in [-0.4, -0.2) is 0 Å². The van der Waals surface area contributed by atoms with Crippen molar-refractivity contribution in [3.8, 4) is 0 Å².